The molecule has 0 radical (unpaired) electrons. The molecule has 156 valence electrons. The van der Waals surface area contributed by atoms with Crippen LogP contribution in [0.25, 0.3) is 0 Å². The summed E-state index contributed by atoms with van der Waals surface area (Å²) < 4.78 is 57.2. The van der Waals surface area contributed by atoms with Crippen molar-refractivity contribution in [2.75, 3.05) is 24.7 Å². The van der Waals surface area contributed by atoms with E-state index in [2.05, 4.69) is 4.74 Å². The highest BCUT2D eigenvalue weighted by molar-refractivity contribution is 7.91. The van der Waals surface area contributed by atoms with Crippen LogP contribution < -0.4 is 4.74 Å². The number of ether oxygens (including phenoxy) is 2. The first-order valence-corrected chi connectivity index (χ1v) is 10.8. The van der Waals surface area contributed by atoms with Gasteiger partial charge in [0.1, 0.15) is 5.75 Å². The first-order chi connectivity index (χ1) is 13.2. The lowest BCUT2D eigenvalue weighted by molar-refractivity contribution is -0.136. The number of amides is 1. The van der Waals surface area contributed by atoms with Gasteiger partial charge < -0.3 is 14.4 Å². The van der Waals surface area contributed by atoms with Crippen molar-refractivity contribution in [2.45, 2.75) is 38.8 Å². The van der Waals surface area contributed by atoms with Crippen LogP contribution >= 0.6 is 0 Å². The van der Waals surface area contributed by atoms with Crippen LogP contribution in [0, 0.1) is 0 Å². The summed E-state index contributed by atoms with van der Waals surface area (Å²) >= 11 is 0. The largest absolute Gasteiger partial charge is 0.452 e. The van der Waals surface area contributed by atoms with E-state index in [1.165, 1.54) is 23.1 Å². The SMILES string of the molecule is CCCCN(C(=O)COC(=O)c1cccc(OC(F)F)c1)C1CCS(=O)(=O)C1. The van der Waals surface area contributed by atoms with E-state index in [4.69, 9.17) is 4.74 Å². The van der Waals surface area contributed by atoms with E-state index in [0.717, 1.165) is 12.5 Å². The molecule has 1 aliphatic rings. The van der Waals surface area contributed by atoms with Crippen molar-refractivity contribution in [3.8, 4) is 5.75 Å². The molecule has 1 aromatic carbocycles. The summed E-state index contributed by atoms with van der Waals surface area (Å²) in [6.45, 7) is -1.26. The Kier molecular flexibility index (Phi) is 7.73. The molecule has 0 bridgehead atoms. The number of nitrogens with zero attached hydrogens (tertiary/aromatic N) is 1. The zero-order valence-electron chi connectivity index (χ0n) is 15.5. The summed E-state index contributed by atoms with van der Waals surface area (Å²) in [5, 5.41) is 0. The quantitative estimate of drug-likeness (QED) is 0.571. The molecule has 1 aromatic rings. The Bertz CT molecular complexity index is 799. The van der Waals surface area contributed by atoms with Crippen molar-refractivity contribution in [1.29, 1.82) is 0 Å². The highest BCUT2D eigenvalue weighted by atomic mass is 32.2. The smallest absolute Gasteiger partial charge is 0.387 e. The Morgan fingerprint density at radius 3 is 2.68 bits per heavy atom. The maximum absolute atomic E-state index is 12.5. The maximum atomic E-state index is 12.5. The highest BCUT2D eigenvalue weighted by Gasteiger charge is 2.34. The molecular weight excluding hydrogens is 396 g/mol. The van der Waals surface area contributed by atoms with Crippen molar-refractivity contribution >= 4 is 21.7 Å². The summed E-state index contributed by atoms with van der Waals surface area (Å²) in [5.74, 6) is -1.60. The van der Waals surface area contributed by atoms with Gasteiger partial charge in [-0.2, -0.15) is 8.78 Å². The van der Waals surface area contributed by atoms with Crippen molar-refractivity contribution in [3.63, 3.8) is 0 Å². The molecule has 1 heterocycles. The van der Waals surface area contributed by atoms with Gasteiger partial charge in [-0.1, -0.05) is 19.4 Å². The van der Waals surface area contributed by atoms with Crippen molar-refractivity contribution in [1.82, 2.24) is 4.90 Å². The average molecular weight is 419 g/mol. The molecule has 0 aromatic heterocycles. The zero-order valence-corrected chi connectivity index (χ0v) is 16.3. The van der Waals surface area contributed by atoms with E-state index in [9.17, 15) is 26.8 Å². The van der Waals surface area contributed by atoms with Gasteiger partial charge >= 0.3 is 12.6 Å². The lowest BCUT2D eigenvalue weighted by Crippen LogP contribution is -2.43. The third kappa shape index (κ3) is 6.43. The fourth-order valence-corrected chi connectivity index (χ4v) is 4.68. The van der Waals surface area contributed by atoms with E-state index >= 15 is 0 Å². The van der Waals surface area contributed by atoms with Crippen LogP contribution in [-0.2, 0) is 19.4 Å². The number of unbranched alkanes of at least 4 members (excludes halogenated alkanes) is 1. The number of sulfone groups is 1. The molecule has 1 fully saturated rings. The number of benzene rings is 1. The number of alkyl halides is 2. The third-order valence-corrected chi connectivity index (χ3v) is 6.09. The van der Waals surface area contributed by atoms with Gasteiger partial charge in [-0.3, -0.25) is 4.79 Å². The minimum atomic E-state index is -3.16. The van der Waals surface area contributed by atoms with E-state index in [1.807, 2.05) is 6.92 Å². The maximum Gasteiger partial charge on any atom is 0.387 e. The van der Waals surface area contributed by atoms with Gasteiger partial charge in [-0.25, -0.2) is 13.2 Å². The molecule has 0 saturated carbocycles. The standard InChI is InChI=1S/C18H23F2NO6S/c1-2-3-8-21(14-7-9-28(24,25)12-14)16(22)11-26-17(23)13-5-4-6-15(10-13)27-18(19)20/h4-6,10,14,18H,2-3,7-9,11-12H2,1H3. The van der Waals surface area contributed by atoms with Crippen molar-refractivity contribution < 1.29 is 36.3 Å². The van der Waals surface area contributed by atoms with Gasteiger partial charge in [0, 0.05) is 12.6 Å². The minimum absolute atomic E-state index is 0.0320. The number of rotatable bonds is 9. The van der Waals surface area contributed by atoms with E-state index < -0.39 is 41.0 Å². The number of halogens is 2. The number of carbonyl (C=O) groups excluding carboxylic acids is 2. The lowest BCUT2D eigenvalue weighted by Gasteiger charge is -2.28. The van der Waals surface area contributed by atoms with Crippen molar-refractivity contribution in [3.05, 3.63) is 29.8 Å². The van der Waals surface area contributed by atoms with Gasteiger partial charge in [0.25, 0.3) is 5.91 Å². The molecule has 1 aliphatic heterocycles. The molecule has 2 rings (SSSR count). The normalized spacial score (nSPS) is 18.1. The summed E-state index contributed by atoms with van der Waals surface area (Å²) in [6, 6.07) is 4.64. The number of esters is 1. The summed E-state index contributed by atoms with van der Waals surface area (Å²) in [7, 11) is -3.16. The Balaban J connectivity index is 1.98. The van der Waals surface area contributed by atoms with Crippen LogP contribution in [0.3, 0.4) is 0 Å². The van der Waals surface area contributed by atoms with Crippen LogP contribution in [-0.4, -0.2) is 62.5 Å². The topological polar surface area (TPSA) is 90.0 Å². The summed E-state index contributed by atoms with van der Waals surface area (Å²) in [4.78, 5) is 26.1. The Morgan fingerprint density at radius 1 is 1.32 bits per heavy atom. The third-order valence-electron chi connectivity index (χ3n) is 4.34. The number of hydrogen-bond donors (Lipinski definition) is 0. The first kappa shape index (κ1) is 22.1. The van der Waals surface area contributed by atoms with Gasteiger partial charge in [-0.15, -0.1) is 0 Å². The molecule has 1 atom stereocenters. The molecule has 7 nitrogen and oxygen atoms in total. The fourth-order valence-electron chi connectivity index (χ4n) is 2.95. The Labute approximate surface area is 162 Å². The molecule has 28 heavy (non-hydrogen) atoms. The van der Waals surface area contributed by atoms with E-state index in [-0.39, 0.29) is 22.8 Å². The molecule has 1 saturated heterocycles. The van der Waals surface area contributed by atoms with Crippen LogP contribution in [0.1, 0.15) is 36.5 Å². The molecular formula is C18H23F2NO6S. The van der Waals surface area contributed by atoms with Crippen LogP contribution in [0.2, 0.25) is 0 Å². The predicted molar refractivity (Wildman–Crippen MR) is 97.0 cm³/mol. The number of carbonyl (C=O) groups is 2. The Hall–Kier alpha value is -2.23. The fraction of sp³-hybridized carbons (Fsp3) is 0.556. The zero-order chi connectivity index (χ0) is 20.7. The van der Waals surface area contributed by atoms with Crippen LogP contribution in [0.4, 0.5) is 8.78 Å². The second-order valence-electron chi connectivity index (χ2n) is 6.48. The molecule has 10 heteroatoms. The minimum Gasteiger partial charge on any atom is -0.452 e. The van der Waals surface area contributed by atoms with Crippen LogP contribution in [0.15, 0.2) is 24.3 Å². The second kappa shape index (κ2) is 9.81. The second-order valence-corrected chi connectivity index (χ2v) is 8.71. The van der Waals surface area contributed by atoms with Gasteiger partial charge in [-0.05, 0) is 31.0 Å². The highest BCUT2D eigenvalue weighted by Crippen LogP contribution is 2.20. The average Bonchev–Trinajstić information content (AvgIpc) is 2.99. The lowest BCUT2D eigenvalue weighted by atomic mass is 10.2. The van der Waals surface area contributed by atoms with Crippen molar-refractivity contribution in [2.24, 2.45) is 0 Å². The monoisotopic (exact) mass is 419 g/mol. The van der Waals surface area contributed by atoms with E-state index in [0.29, 0.717) is 19.4 Å². The molecule has 0 aliphatic carbocycles. The Morgan fingerprint density at radius 2 is 2.07 bits per heavy atom. The molecule has 1 unspecified atom stereocenters. The van der Waals surface area contributed by atoms with Gasteiger partial charge in [0.2, 0.25) is 0 Å². The first-order valence-electron chi connectivity index (χ1n) is 8.93. The molecule has 0 spiro atoms. The summed E-state index contributed by atoms with van der Waals surface area (Å²) in [5.41, 5.74) is -0.0329. The van der Waals surface area contributed by atoms with Crippen LogP contribution in [0.5, 0.6) is 5.75 Å². The molecule has 0 N–H and O–H groups in total. The number of hydrogen-bond acceptors (Lipinski definition) is 6. The van der Waals surface area contributed by atoms with Gasteiger partial charge in [0.15, 0.2) is 16.4 Å². The van der Waals surface area contributed by atoms with E-state index in [1.54, 1.807) is 0 Å². The predicted octanol–water partition coefficient (Wildman–Crippen LogP) is 2.26. The summed E-state index contributed by atoms with van der Waals surface area (Å²) in [6.07, 6.45) is 1.88. The molecule has 1 amide bonds. The van der Waals surface area contributed by atoms with Gasteiger partial charge in [0.05, 0.1) is 17.1 Å².